The molecule has 1 aromatic carbocycles. The molecule has 5 nitrogen and oxygen atoms in total. The van der Waals surface area contributed by atoms with Crippen LogP contribution in [-0.4, -0.2) is 42.1 Å². The Kier molecular flexibility index (Phi) is 4.47. The highest BCUT2D eigenvalue weighted by atomic mass is 32.2. The summed E-state index contributed by atoms with van der Waals surface area (Å²) in [7, 11) is -4.62. The quantitative estimate of drug-likeness (QED) is 0.758. The van der Waals surface area contributed by atoms with Crippen molar-refractivity contribution in [3.05, 3.63) is 24.3 Å². The van der Waals surface area contributed by atoms with Gasteiger partial charge in [-0.1, -0.05) is 12.1 Å². The lowest BCUT2D eigenvalue weighted by Gasteiger charge is -2.38. The zero-order valence-electron chi connectivity index (χ0n) is 13.4. The molecule has 0 atom stereocenters. The average Bonchev–Trinajstić information content (AvgIpc) is 3.21. The fraction of sp³-hybridized carbons (Fsp3) is 0.600. The minimum absolute atomic E-state index is 0.205. The lowest BCUT2D eigenvalue weighted by atomic mass is 9.76. The normalized spacial score (nSPS) is 16.6. The van der Waals surface area contributed by atoms with Gasteiger partial charge in [0.15, 0.2) is 9.84 Å². The van der Waals surface area contributed by atoms with E-state index in [0.717, 1.165) is 0 Å². The zero-order valence-corrected chi connectivity index (χ0v) is 14.2. The first kappa shape index (κ1) is 17.5. The summed E-state index contributed by atoms with van der Waals surface area (Å²) in [5.41, 5.74) is -1.80. The van der Waals surface area contributed by atoms with E-state index in [-0.39, 0.29) is 10.1 Å². The van der Waals surface area contributed by atoms with Crippen LogP contribution in [0.15, 0.2) is 29.2 Å². The van der Waals surface area contributed by atoms with E-state index in [1.165, 1.54) is 12.1 Å². The Labute approximate surface area is 132 Å². The van der Waals surface area contributed by atoms with Gasteiger partial charge in [-0.25, -0.2) is 8.42 Å². The molecular formula is C15H23BO5S. The summed E-state index contributed by atoms with van der Waals surface area (Å²) in [5.74, 6) is 0. The van der Waals surface area contributed by atoms with Crippen molar-refractivity contribution in [1.82, 2.24) is 0 Å². The highest BCUT2D eigenvalue weighted by Gasteiger charge is 2.40. The fourth-order valence-electron chi connectivity index (χ4n) is 1.91. The van der Waals surface area contributed by atoms with Crippen LogP contribution >= 0.6 is 0 Å². The van der Waals surface area contributed by atoms with Crippen LogP contribution in [0.4, 0.5) is 0 Å². The van der Waals surface area contributed by atoms with Crippen LogP contribution in [0.2, 0.25) is 0 Å². The second-order valence-corrected chi connectivity index (χ2v) is 9.08. The maximum Gasteiger partial charge on any atom is 0.491 e. The summed E-state index contributed by atoms with van der Waals surface area (Å²) in [6, 6.07) is 6.18. The van der Waals surface area contributed by atoms with Crippen molar-refractivity contribution < 1.29 is 23.2 Å². The third kappa shape index (κ3) is 3.54. The fourth-order valence-corrected chi connectivity index (χ4v) is 3.62. The standard InChI is InChI=1S/C15H23BO5S/c1-14(2,17)15(3,4)21-16(18)11-6-5-7-13(10-11)22(19,20)12-8-9-12/h5-7,10,12,17-18H,8-9H2,1-4H3. The van der Waals surface area contributed by atoms with E-state index in [2.05, 4.69) is 0 Å². The summed E-state index contributed by atoms with van der Waals surface area (Å²) in [4.78, 5) is 0.205. The van der Waals surface area contributed by atoms with E-state index in [4.69, 9.17) is 4.65 Å². The van der Waals surface area contributed by atoms with Crippen LogP contribution in [0.1, 0.15) is 40.5 Å². The molecular weight excluding hydrogens is 303 g/mol. The van der Waals surface area contributed by atoms with Gasteiger partial charge in [-0.05, 0) is 58.1 Å². The molecule has 0 aromatic heterocycles. The van der Waals surface area contributed by atoms with Gasteiger partial charge < -0.3 is 14.8 Å². The first-order valence-electron chi connectivity index (χ1n) is 7.37. The lowest BCUT2D eigenvalue weighted by Crippen LogP contribution is -2.53. The van der Waals surface area contributed by atoms with E-state index in [1.807, 2.05) is 0 Å². The van der Waals surface area contributed by atoms with Crippen LogP contribution in [-0.2, 0) is 14.5 Å². The summed E-state index contributed by atoms with van der Waals surface area (Å²) in [6.45, 7) is 6.52. The molecule has 122 valence electrons. The van der Waals surface area contributed by atoms with Gasteiger partial charge in [0.2, 0.25) is 0 Å². The highest BCUT2D eigenvalue weighted by Crippen LogP contribution is 2.33. The number of rotatable bonds is 6. The molecule has 0 amide bonds. The van der Waals surface area contributed by atoms with Gasteiger partial charge in [0.1, 0.15) is 0 Å². The third-order valence-corrected chi connectivity index (χ3v) is 6.57. The van der Waals surface area contributed by atoms with Crippen LogP contribution in [0.25, 0.3) is 0 Å². The van der Waals surface area contributed by atoms with Crippen molar-refractivity contribution in [3.63, 3.8) is 0 Å². The molecule has 0 unspecified atom stereocenters. The smallest absolute Gasteiger partial charge is 0.423 e. The lowest BCUT2D eigenvalue weighted by molar-refractivity contribution is -0.0982. The van der Waals surface area contributed by atoms with Gasteiger partial charge in [0, 0.05) is 0 Å². The summed E-state index contributed by atoms with van der Waals surface area (Å²) in [5, 5.41) is 20.0. The summed E-state index contributed by atoms with van der Waals surface area (Å²) in [6.07, 6.45) is 1.38. The molecule has 1 aliphatic rings. The molecule has 2 rings (SSSR count). The monoisotopic (exact) mass is 326 g/mol. The molecule has 1 fully saturated rings. The second-order valence-electron chi connectivity index (χ2n) is 6.86. The van der Waals surface area contributed by atoms with Crippen LogP contribution in [0.3, 0.4) is 0 Å². The maximum absolute atomic E-state index is 12.3. The molecule has 1 aromatic rings. The molecule has 1 saturated carbocycles. The molecule has 22 heavy (non-hydrogen) atoms. The predicted octanol–water partition coefficient (Wildman–Crippen LogP) is 0.876. The Morgan fingerprint density at radius 2 is 1.82 bits per heavy atom. The van der Waals surface area contributed by atoms with Crippen LogP contribution in [0.5, 0.6) is 0 Å². The van der Waals surface area contributed by atoms with Gasteiger partial charge in [-0.3, -0.25) is 0 Å². The Morgan fingerprint density at radius 1 is 1.23 bits per heavy atom. The van der Waals surface area contributed by atoms with Crippen molar-refractivity contribution >= 4 is 22.4 Å². The SMILES string of the molecule is CC(C)(O)C(C)(C)OB(O)c1cccc(S(=O)(=O)C2CC2)c1. The van der Waals surface area contributed by atoms with E-state index >= 15 is 0 Å². The molecule has 0 spiro atoms. The summed E-state index contributed by atoms with van der Waals surface area (Å²) < 4.78 is 30.0. The van der Waals surface area contributed by atoms with Crippen molar-refractivity contribution in [2.75, 3.05) is 0 Å². The Balaban J connectivity index is 2.23. The number of aliphatic hydroxyl groups is 1. The molecule has 0 heterocycles. The van der Waals surface area contributed by atoms with Crippen molar-refractivity contribution in [2.45, 2.75) is 61.9 Å². The minimum atomic E-state index is -3.31. The van der Waals surface area contributed by atoms with E-state index < -0.39 is 28.2 Å². The largest absolute Gasteiger partial charge is 0.491 e. The number of hydrogen-bond donors (Lipinski definition) is 2. The minimum Gasteiger partial charge on any atom is -0.423 e. The first-order valence-corrected chi connectivity index (χ1v) is 8.92. The van der Waals surface area contributed by atoms with E-state index in [0.29, 0.717) is 18.3 Å². The van der Waals surface area contributed by atoms with Crippen LogP contribution < -0.4 is 5.46 Å². The maximum atomic E-state index is 12.3. The third-order valence-electron chi connectivity index (χ3n) is 4.31. The van der Waals surface area contributed by atoms with Gasteiger partial charge in [0.25, 0.3) is 0 Å². The molecule has 2 N–H and O–H groups in total. The first-order chi connectivity index (χ1) is 9.95. The van der Waals surface area contributed by atoms with E-state index in [1.54, 1.807) is 39.8 Å². The number of hydrogen-bond acceptors (Lipinski definition) is 5. The predicted molar refractivity (Wildman–Crippen MR) is 85.7 cm³/mol. The van der Waals surface area contributed by atoms with Crippen molar-refractivity contribution in [3.8, 4) is 0 Å². The Hall–Kier alpha value is -0.885. The summed E-state index contributed by atoms with van der Waals surface area (Å²) >= 11 is 0. The van der Waals surface area contributed by atoms with Crippen molar-refractivity contribution in [2.24, 2.45) is 0 Å². The molecule has 1 aliphatic carbocycles. The van der Waals surface area contributed by atoms with Gasteiger partial charge in [-0.2, -0.15) is 0 Å². The van der Waals surface area contributed by atoms with Crippen LogP contribution in [0, 0.1) is 0 Å². The molecule has 0 bridgehead atoms. The molecule has 0 radical (unpaired) electrons. The van der Waals surface area contributed by atoms with Gasteiger partial charge in [0.05, 0.1) is 21.3 Å². The number of sulfone groups is 1. The van der Waals surface area contributed by atoms with Gasteiger partial charge >= 0.3 is 7.12 Å². The number of benzene rings is 1. The topological polar surface area (TPSA) is 83.8 Å². The van der Waals surface area contributed by atoms with Gasteiger partial charge in [-0.15, -0.1) is 0 Å². The van der Waals surface area contributed by atoms with E-state index in [9.17, 15) is 18.5 Å². The van der Waals surface area contributed by atoms with Crippen molar-refractivity contribution in [1.29, 1.82) is 0 Å². The Bertz CT molecular complexity index is 644. The second kappa shape index (κ2) is 5.63. The molecule has 0 saturated heterocycles. The molecule has 0 aliphatic heterocycles. The zero-order chi connectivity index (χ0) is 16.8. The highest BCUT2D eigenvalue weighted by molar-refractivity contribution is 7.92. The average molecular weight is 326 g/mol. The molecule has 7 heteroatoms. The Morgan fingerprint density at radius 3 is 2.32 bits per heavy atom.